The molecule has 0 N–H and O–H groups in total. The minimum absolute atomic E-state index is 0.0833. The molecule has 2 heteroatoms. The summed E-state index contributed by atoms with van der Waals surface area (Å²) in [6.07, 6.45) is 5.77. The van der Waals surface area contributed by atoms with Gasteiger partial charge in [-0.3, -0.25) is 0 Å². The van der Waals surface area contributed by atoms with Crippen LogP contribution in [0.3, 0.4) is 0 Å². The van der Waals surface area contributed by atoms with Crippen LogP contribution in [0.15, 0.2) is 18.2 Å². The highest BCUT2D eigenvalue weighted by molar-refractivity contribution is 5.50. The van der Waals surface area contributed by atoms with Crippen LogP contribution in [0.2, 0.25) is 0 Å². The van der Waals surface area contributed by atoms with E-state index < -0.39 is 0 Å². The minimum atomic E-state index is 0.0833. The van der Waals surface area contributed by atoms with Crippen LogP contribution < -0.4 is 4.74 Å². The normalized spacial score (nSPS) is 21.0. The average molecular weight is 199 g/mol. The molecule has 3 rings (SSSR count). The first-order valence-electron chi connectivity index (χ1n) is 5.54. The number of hydrogen-bond acceptors (Lipinski definition) is 2. The zero-order valence-corrected chi connectivity index (χ0v) is 8.62. The fraction of sp³-hybridized carbons (Fsp3) is 0.462. The topological polar surface area (TPSA) is 33.0 Å². The summed E-state index contributed by atoms with van der Waals surface area (Å²) in [6.45, 7) is 0. The molecule has 0 radical (unpaired) electrons. The van der Waals surface area contributed by atoms with Crippen LogP contribution in [0.25, 0.3) is 0 Å². The van der Waals surface area contributed by atoms with Crippen molar-refractivity contribution < 1.29 is 4.74 Å². The lowest BCUT2D eigenvalue weighted by Gasteiger charge is -2.45. The summed E-state index contributed by atoms with van der Waals surface area (Å²) >= 11 is 0. The highest BCUT2D eigenvalue weighted by Gasteiger charge is 2.42. The molecule has 0 unspecified atom stereocenters. The number of aryl methyl sites for hydroxylation is 1. The summed E-state index contributed by atoms with van der Waals surface area (Å²) in [4.78, 5) is 0. The lowest BCUT2D eigenvalue weighted by atomic mass is 9.74. The van der Waals surface area contributed by atoms with Crippen LogP contribution in [0.5, 0.6) is 5.75 Å². The molecule has 1 heterocycles. The van der Waals surface area contributed by atoms with E-state index in [-0.39, 0.29) is 5.60 Å². The third kappa shape index (κ3) is 1.23. The number of nitrogens with zero attached hydrogens (tertiary/aromatic N) is 1. The van der Waals surface area contributed by atoms with Gasteiger partial charge < -0.3 is 4.74 Å². The number of fused-ring (bicyclic) bond motifs is 1. The fourth-order valence-corrected chi connectivity index (χ4v) is 2.54. The van der Waals surface area contributed by atoms with E-state index in [1.165, 1.54) is 12.0 Å². The van der Waals surface area contributed by atoms with E-state index in [0.717, 1.165) is 31.4 Å². The third-order valence-corrected chi connectivity index (χ3v) is 3.65. The molecule has 1 saturated carbocycles. The molecule has 0 saturated heterocycles. The van der Waals surface area contributed by atoms with Crippen molar-refractivity contribution in [2.75, 3.05) is 0 Å². The predicted octanol–water partition coefficient (Wildman–Crippen LogP) is 2.81. The molecule has 2 nitrogen and oxygen atoms in total. The van der Waals surface area contributed by atoms with Crippen LogP contribution in [0.1, 0.15) is 36.8 Å². The molecule has 1 aromatic carbocycles. The monoisotopic (exact) mass is 199 g/mol. The average Bonchev–Trinajstić information content (AvgIpc) is 2.25. The number of rotatable bonds is 0. The van der Waals surface area contributed by atoms with E-state index in [1.807, 2.05) is 12.1 Å². The van der Waals surface area contributed by atoms with E-state index in [9.17, 15) is 0 Å². The summed E-state index contributed by atoms with van der Waals surface area (Å²) in [5.41, 5.74) is 1.98. The Balaban J connectivity index is 2.03. The maximum atomic E-state index is 9.02. The maximum absolute atomic E-state index is 9.02. The standard InChI is InChI=1S/C13H13NO/c14-9-11-4-1-3-10-5-8-13(6-2-7-13)15-12(10)11/h1,3-4H,2,5-8H2. The zero-order chi connectivity index (χ0) is 10.3. The molecule has 1 aromatic rings. The van der Waals surface area contributed by atoms with Gasteiger partial charge >= 0.3 is 0 Å². The highest BCUT2D eigenvalue weighted by Crippen LogP contribution is 2.45. The van der Waals surface area contributed by atoms with Gasteiger partial charge in [0.2, 0.25) is 0 Å². The van der Waals surface area contributed by atoms with E-state index in [4.69, 9.17) is 10.00 Å². The Hall–Kier alpha value is -1.49. The summed E-state index contributed by atoms with van der Waals surface area (Å²) < 4.78 is 6.05. The third-order valence-electron chi connectivity index (χ3n) is 3.65. The molecular formula is C13H13NO. The summed E-state index contributed by atoms with van der Waals surface area (Å²) in [7, 11) is 0. The molecule has 1 fully saturated rings. The molecule has 76 valence electrons. The van der Waals surface area contributed by atoms with E-state index in [1.54, 1.807) is 0 Å². The van der Waals surface area contributed by atoms with Crippen molar-refractivity contribution in [1.29, 1.82) is 5.26 Å². The van der Waals surface area contributed by atoms with Gasteiger partial charge in [-0.25, -0.2) is 0 Å². The Morgan fingerprint density at radius 3 is 2.80 bits per heavy atom. The van der Waals surface area contributed by atoms with Crippen LogP contribution in [0, 0.1) is 11.3 Å². The molecule has 0 bridgehead atoms. The fourth-order valence-electron chi connectivity index (χ4n) is 2.54. The van der Waals surface area contributed by atoms with Crippen molar-refractivity contribution in [3.05, 3.63) is 29.3 Å². The molecule has 15 heavy (non-hydrogen) atoms. The van der Waals surface area contributed by atoms with Crippen LogP contribution in [-0.4, -0.2) is 5.60 Å². The van der Waals surface area contributed by atoms with Crippen molar-refractivity contribution in [3.8, 4) is 11.8 Å². The Morgan fingerprint density at radius 1 is 1.27 bits per heavy atom. The van der Waals surface area contributed by atoms with Gasteiger partial charge in [0.25, 0.3) is 0 Å². The molecular weight excluding hydrogens is 186 g/mol. The second kappa shape index (κ2) is 3.00. The number of hydrogen-bond donors (Lipinski definition) is 0. The van der Waals surface area contributed by atoms with E-state index >= 15 is 0 Å². The van der Waals surface area contributed by atoms with Crippen molar-refractivity contribution in [1.82, 2.24) is 0 Å². The lowest BCUT2D eigenvalue weighted by Crippen LogP contribution is -2.45. The first-order valence-corrected chi connectivity index (χ1v) is 5.54. The summed E-state index contributed by atoms with van der Waals surface area (Å²) in [5, 5.41) is 9.02. The smallest absolute Gasteiger partial charge is 0.141 e. The summed E-state index contributed by atoms with van der Waals surface area (Å²) in [6, 6.07) is 8.07. The molecule has 0 aromatic heterocycles. The van der Waals surface area contributed by atoms with Crippen LogP contribution >= 0.6 is 0 Å². The predicted molar refractivity (Wildman–Crippen MR) is 56.7 cm³/mol. The number of ether oxygens (including phenoxy) is 1. The van der Waals surface area contributed by atoms with Crippen LogP contribution in [0.4, 0.5) is 0 Å². The number of para-hydroxylation sites is 1. The Morgan fingerprint density at radius 2 is 2.13 bits per heavy atom. The molecule has 1 aliphatic heterocycles. The molecule has 1 aliphatic carbocycles. The minimum Gasteiger partial charge on any atom is -0.486 e. The van der Waals surface area contributed by atoms with E-state index in [0.29, 0.717) is 5.56 Å². The molecule has 0 amide bonds. The van der Waals surface area contributed by atoms with Crippen molar-refractivity contribution in [2.24, 2.45) is 0 Å². The highest BCUT2D eigenvalue weighted by atomic mass is 16.5. The first-order chi connectivity index (χ1) is 7.33. The van der Waals surface area contributed by atoms with Gasteiger partial charge in [0.1, 0.15) is 17.4 Å². The lowest BCUT2D eigenvalue weighted by molar-refractivity contribution is -0.0251. The maximum Gasteiger partial charge on any atom is 0.141 e. The Bertz CT molecular complexity index is 440. The SMILES string of the molecule is N#Cc1cccc2c1OC1(CCC1)CC2. The van der Waals surface area contributed by atoms with Crippen molar-refractivity contribution in [3.63, 3.8) is 0 Å². The van der Waals surface area contributed by atoms with Gasteiger partial charge in [-0.2, -0.15) is 5.26 Å². The second-order valence-electron chi connectivity index (χ2n) is 4.54. The van der Waals surface area contributed by atoms with Gasteiger partial charge in [-0.1, -0.05) is 12.1 Å². The van der Waals surface area contributed by atoms with Crippen LogP contribution in [-0.2, 0) is 6.42 Å². The first kappa shape index (κ1) is 8.79. The molecule has 0 atom stereocenters. The molecule has 1 spiro atoms. The Labute approximate surface area is 89.5 Å². The van der Waals surface area contributed by atoms with Gasteiger partial charge in [-0.05, 0) is 43.7 Å². The second-order valence-corrected chi connectivity index (χ2v) is 4.54. The van der Waals surface area contributed by atoms with Crippen molar-refractivity contribution >= 4 is 0 Å². The summed E-state index contributed by atoms with van der Waals surface area (Å²) in [5.74, 6) is 0.853. The van der Waals surface area contributed by atoms with Gasteiger partial charge in [0.15, 0.2) is 0 Å². The number of nitriles is 1. The quantitative estimate of drug-likeness (QED) is 0.643. The number of benzene rings is 1. The van der Waals surface area contributed by atoms with Gasteiger partial charge in [0.05, 0.1) is 5.56 Å². The van der Waals surface area contributed by atoms with E-state index in [2.05, 4.69) is 12.1 Å². The van der Waals surface area contributed by atoms with Crippen molar-refractivity contribution in [2.45, 2.75) is 37.7 Å². The largest absolute Gasteiger partial charge is 0.486 e. The zero-order valence-electron chi connectivity index (χ0n) is 8.62. The van der Waals surface area contributed by atoms with Gasteiger partial charge in [0, 0.05) is 0 Å². The molecule has 2 aliphatic rings. The van der Waals surface area contributed by atoms with Gasteiger partial charge in [-0.15, -0.1) is 0 Å². The Kier molecular flexibility index (Phi) is 1.76.